The minimum absolute atomic E-state index is 0.0940. The summed E-state index contributed by atoms with van der Waals surface area (Å²) in [5, 5.41) is 0.281. The second-order valence-electron chi connectivity index (χ2n) is 7.46. The van der Waals surface area contributed by atoms with E-state index >= 15 is 0 Å². The fraction of sp³-hybridized carbons (Fsp3) is 0.381. The zero-order valence-corrected chi connectivity index (χ0v) is 17.5. The van der Waals surface area contributed by atoms with Crippen molar-refractivity contribution in [1.29, 1.82) is 0 Å². The summed E-state index contributed by atoms with van der Waals surface area (Å²) in [7, 11) is -3.62. The molecule has 0 bridgehead atoms. The van der Waals surface area contributed by atoms with Gasteiger partial charge in [0.1, 0.15) is 5.82 Å². The van der Waals surface area contributed by atoms with Crippen LogP contribution in [0.25, 0.3) is 0 Å². The molecule has 1 aliphatic heterocycles. The van der Waals surface area contributed by atoms with Gasteiger partial charge in [-0.15, -0.1) is 0 Å². The normalized spacial score (nSPS) is 17.8. The Labute approximate surface area is 175 Å². The first-order chi connectivity index (χ1) is 13.9. The molecule has 0 aromatic heterocycles. The van der Waals surface area contributed by atoms with Crippen molar-refractivity contribution in [1.82, 2.24) is 9.21 Å². The number of piperazine rings is 1. The number of fused-ring (bicyclic) bond motifs is 1. The number of halogens is 2. The SMILES string of the molecule is O=C(c1cc(Cl)ccc1F)N1CCN(S(=O)(=O)c2ccc3c(c2)CCCC3)CC1. The molecule has 0 N–H and O–H groups in total. The first kappa shape index (κ1) is 20.3. The molecule has 1 aliphatic carbocycles. The van der Waals surface area contributed by atoms with Gasteiger partial charge in [0, 0.05) is 31.2 Å². The van der Waals surface area contributed by atoms with Crippen LogP contribution in [0.5, 0.6) is 0 Å². The van der Waals surface area contributed by atoms with E-state index in [4.69, 9.17) is 11.6 Å². The van der Waals surface area contributed by atoms with Crippen LogP contribution >= 0.6 is 11.6 Å². The molecular formula is C21H22ClFN2O3S. The third kappa shape index (κ3) is 4.04. The zero-order chi connectivity index (χ0) is 20.6. The fourth-order valence-corrected chi connectivity index (χ4v) is 5.63. The molecule has 2 aliphatic rings. The predicted octanol–water partition coefficient (Wildman–Crippen LogP) is 3.50. The van der Waals surface area contributed by atoms with Crippen LogP contribution in [0.3, 0.4) is 0 Å². The summed E-state index contributed by atoms with van der Waals surface area (Å²) in [6.45, 7) is 0.755. The van der Waals surface area contributed by atoms with E-state index in [0.717, 1.165) is 37.3 Å². The molecular weight excluding hydrogens is 415 g/mol. The smallest absolute Gasteiger partial charge is 0.256 e. The van der Waals surface area contributed by atoms with Gasteiger partial charge in [-0.1, -0.05) is 17.7 Å². The Morgan fingerprint density at radius 3 is 2.34 bits per heavy atom. The highest BCUT2D eigenvalue weighted by atomic mass is 35.5. The van der Waals surface area contributed by atoms with Gasteiger partial charge in [-0.2, -0.15) is 4.31 Å². The molecule has 1 fully saturated rings. The van der Waals surface area contributed by atoms with Crippen molar-refractivity contribution >= 4 is 27.5 Å². The molecule has 1 saturated heterocycles. The van der Waals surface area contributed by atoms with E-state index in [1.165, 1.54) is 26.9 Å². The quantitative estimate of drug-likeness (QED) is 0.739. The second-order valence-corrected chi connectivity index (χ2v) is 9.83. The molecule has 0 spiro atoms. The number of sulfonamides is 1. The highest BCUT2D eigenvalue weighted by Gasteiger charge is 2.31. The van der Waals surface area contributed by atoms with Gasteiger partial charge in [-0.3, -0.25) is 4.79 Å². The predicted molar refractivity (Wildman–Crippen MR) is 109 cm³/mol. The van der Waals surface area contributed by atoms with Crippen LogP contribution in [-0.4, -0.2) is 49.7 Å². The van der Waals surface area contributed by atoms with Crippen LogP contribution in [0, 0.1) is 5.82 Å². The maximum Gasteiger partial charge on any atom is 0.256 e. The lowest BCUT2D eigenvalue weighted by Gasteiger charge is -2.34. The molecule has 8 heteroatoms. The molecule has 4 rings (SSSR count). The van der Waals surface area contributed by atoms with Gasteiger partial charge in [0.25, 0.3) is 5.91 Å². The average molecular weight is 437 g/mol. The lowest BCUT2D eigenvalue weighted by atomic mass is 9.92. The van der Waals surface area contributed by atoms with Gasteiger partial charge in [0.2, 0.25) is 10.0 Å². The summed E-state index contributed by atoms with van der Waals surface area (Å²) < 4.78 is 41.5. The molecule has 0 saturated carbocycles. The van der Waals surface area contributed by atoms with Gasteiger partial charge in [-0.05, 0) is 67.1 Å². The van der Waals surface area contributed by atoms with Crippen molar-refractivity contribution in [2.45, 2.75) is 30.6 Å². The largest absolute Gasteiger partial charge is 0.336 e. The third-order valence-corrected chi connectivity index (χ3v) is 7.77. The molecule has 1 heterocycles. The Balaban J connectivity index is 1.47. The van der Waals surface area contributed by atoms with E-state index in [9.17, 15) is 17.6 Å². The van der Waals surface area contributed by atoms with Gasteiger partial charge < -0.3 is 4.90 Å². The zero-order valence-electron chi connectivity index (χ0n) is 15.9. The Kier molecular flexibility index (Phi) is 5.64. The molecule has 0 unspecified atom stereocenters. The van der Waals surface area contributed by atoms with E-state index in [1.807, 2.05) is 6.07 Å². The number of hydrogen-bond acceptors (Lipinski definition) is 3. The number of carbonyl (C=O) groups excluding carboxylic acids is 1. The summed E-state index contributed by atoms with van der Waals surface area (Å²) in [5.41, 5.74) is 2.25. The first-order valence-corrected chi connectivity index (χ1v) is 11.5. The van der Waals surface area contributed by atoms with Crippen molar-refractivity contribution in [3.8, 4) is 0 Å². The summed E-state index contributed by atoms with van der Waals surface area (Å²) in [4.78, 5) is 14.4. The molecule has 1 amide bonds. The Morgan fingerprint density at radius 1 is 0.931 bits per heavy atom. The Hall–Kier alpha value is -1.96. The van der Waals surface area contributed by atoms with E-state index in [-0.39, 0.29) is 36.8 Å². The summed E-state index contributed by atoms with van der Waals surface area (Å²) in [6, 6.07) is 9.24. The van der Waals surface area contributed by atoms with Crippen LogP contribution in [0.4, 0.5) is 4.39 Å². The molecule has 2 aromatic rings. The van der Waals surface area contributed by atoms with Crippen molar-refractivity contribution in [3.63, 3.8) is 0 Å². The van der Waals surface area contributed by atoms with Gasteiger partial charge in [-0.25, -0.2) is 12.8 Å². The maximum absolute atomic E-state index is 14.0. The van der Waals surface area contributed by atoms with Gasteiger partial charge >= 0.3 is 0 Å². The van der Waals surface area contributed by atoms with E-state index in [1.54, 1.807) is 12.1 Å². The topological polar surface area (TPSA) is 57.7 Å². The lowest BCUT2D eigenvalue weighted by Crippen LogP contribution is -2.50. The van der Waals surface area contributed by atoms with Crippen LogP contribution < -0.4 is 0 Å². The van der Waals surface area contributed by atoms with Crippen molar-refractivity contribution < 1.29 is 17.6 Å². The molecule has 154 valence electrons. The number of amides is 1. The monoisotopic (exact) mass is 436 g/mol. The molecule has 29 heavy (non-hydrogen) atoms. The molecule has 0 radical (unpaired) electrons. The standard InChI is InChI=1S/C21H22ClFN2O3S/c22-17-6-8-20(23)19(14-17)21(26)24-9-11-25(12-10-24)29(27,28)18-7-5-15-3-1-2-4-16(15)13-18/h5-8,13-14H,1-4,9-12H2. The van der Waals surface area contributed by atoms with E-state index < -0.39 is 21.7 Å². The minimum atomic E-state index is -3.62. The van der Waals surface area contributed by atoms with Gasteiger partial charge in [0.15, 0.2) is 0 Å². The van der Waals surface area contributed by atoms with Crippen molar-refractivity contribution in [2.24, 2.45) is 0 Å². The molecule has 0 atom stereocenters. The number of carbonyl (C=O) groups is 1. The number of benzene rings is 2. The number of nitrogens with zero attached hydrogens (tertiary/aromatic N) is 2. The molecule has 2 aromatic carbocycles. The van der Waals surface area contributed by atoms with E-state index in [0.29, 0.717) is 4.90 Å². The Bertz CT molecular complexity index is 1050. The Morgan fingerprint density at radius 2 is 1.62 bits per heavy atom. The molecule has 5 nitrogen and oxygen atoms in total. The third-order valence-electron chi connectivity index (χ3n) is 5.64. The lowest BCUT2D eigenvalue weighted by molar-refractivity contribution is 0.0693. The van der Waals surface area contributed by atoms with E-state index in [2.05, 4.69) is 0 Å². The maximum atomic E-state index is 14.0. The van der Waals surface area contributed by atoms with Gasteiger partial charge in [0.05, 0.1) is 10.5 Å². The van der Waals surface area contributed by atoms with Crippen molar-refractivity contribution in [2.75, 3.05) is 26.2 Å². The summed E-state index contributed by atoms with van der Waals surface area (Å²) in [5.74, 6) is -1.11. The van der Waals surface area contributed by atoms with Crippen LogP contribution in [-0.2, 0) is 22.9 Å². The minimum Gasteiger partial charge on any atom is -0.336 e. The number of aryl methyl sites for hydroxylation is 2. The number of rotatable bonds is 3. The second kappa shape index (κ2) is 8.05. The van der Waals surface area contributed by atoms with Crippen LogP contribution in [0.2, 0.25) is 5.02 Å². The first-order valence-electron chi connectivity index (χ1n) is 9.72. The highest BCUT2D eigenvalue weighted by molar-refractivity contribution is 7.89. The number of hydrogen-bond donors (Lipinski definition) is 0. The summed E-state index contributed by atoms with van der Waals surface area (Å²) >= 11 is 5.88. The summed E-state index contributed by atoms with van der Waals surface area (Å²) in [6.07, 6.45) is 4.13. The van der Waals surface area contributed by atoms with Crippen LogP contribution in [0.1, 0.15) is 34.3 Å². The highest BCUT2D eigenvalue weighted by Crippen LogP contribution is 2.26. The fourth-order valence-electron chi connectivity index (χ4n) is 3.98. The average Bonchev–Trinajstić information content (AvgIpc) is 2.74. The van der Waals surface area contributed by atoms with Crippen molar-refractivity contribution in [3.05, 3.63) is 63.9 Å². The van der Waals surface area contributed by atoms with Crippen LogP contribution in [0.15, 0.2) is 41.3 Å².